The first-order valence-electron chi connectivity index (χ1n) is 4.87. The van der Waals surface area contributed by atoms with Gasteiger partial charge in [0.25, 0.3) is 0 Å². The lowest BCUT2D eigenvalue weighted by molar-refractivity contribution is 0.100. The lowest BCUT2D eigenvalue weighted by Gasteiger charge is -2.02. The summed E-state index contributed by atoms with van der Waals surface area (Å²) in [7, 11) is 0. The van der Waals surface area contributed by atoms with Crippen molar-refractivity contribution in [2.75, 3.05) is 6.79 Å². The summed E-state index contributed by atoms with van der Waals surface area (Å²) in [6, 6.07) is 9.04. The van der Waals surface area contributed by atoms with Gasteiger partial charge in [-0.15, -0.1) is 0 Å². The van der Waals surface area contributed by atoms with Gasteiger partial charge in [0, 0.05) is 5.56 Å². The molecule has 1 amide bonds. The largest absolute Gasteiger partial charge is 0.454 e. The van der Waals surface area contributed by atoms with Gasteiger partial charge in [0.2, 0.25) is 12.7 Å². The number of amides is 1. The molecule has 4 nitrogen and oxygen atoms in total. The van der Waals surface area contributed by atoms with E-state index >= 15 is 0 Å². The summed E-state index contributed by atoms with van der Waals surface area (Å²) in [5.41, 5.74) is 5.71. The maximum absolute atomic E-state index is 11.0. The zero-order valence-corrected chi connectivity index (χ0v) is 8.40. The minimum absolute atomic E-state index is 0.244. The SMILES string of the molecule is NC(=O)c1ccc2cc3c(cc2c1)OCO3. The summed E-state index contributed by atoms with van der Waals surface area (Å²) in [5.74, 6) is 1.01. The van der Waals surface area contributed by atoms with Crippen LogP contribution >= 0.6 is 0 Å². The van der Waals surface area contributed by atoms with Crippen molar-refractivity contribution in [2.24, 2.45) is 5.73 Å². The molecule has 16 heavy (non-hydrogen) atoms. The Bertz CT molecular complexity index is 592. The lowest BCUT2D eigenvalue weighted by atomic mass is 10.1. The highest BCUT2D eigenvalue weighted by molar-refractivity contribution is 5.98. The highest BCUT2D eigenvalue weighted by atomic mass is 16.7. The molecule has 2 aromatic carbocycles. The van der Waals surface area contributed by atoms with Gasteiger partial charge in [-0.1, -0.05) is 6.07 Å². The smallest absolute Gasteiger partial charge is 0.248 e. The molecule has 0 fully saturated rings. The van der Waals surface area contributed by atoms with Crippen LogP contribution in [0.1, 0.15) is 10.4 Å². The molecule has 0 bridgehead atoms. The van der Waals surface area contributed by atoms with E-state index in [9.17, 15) is 4.79 Å². The molecular formula is C12H9NO3. The minimum atomic E-state index is -0.431. The molecule has 2 aromatic rings. The van der Waals surface area contributed by atoms with Crippen LogP contribution in [0.2, 0.25) is 0 Å². The van der Waals surface area contributed by atoms with Crippen LogP contribution in [0.5, 0.6) is 11.5 Å². The highest BCUT2D eigenvalue weighted by Gasteiger charge is 2.14. The molecule has 4 heteroatoms. The second kappa shape index (κ2) is 3.13. The van der Waals surface area contributed by atoms with E-state index in [1.165, 1.54) is 0 Å². The Balaban J connectivity index is 2.24. The summed E-state index contributed by atoms with van der Waals surface area (Å²) in [5, 5.41) is 1.91. The average Bonchev–Trinajstić information content (AvgIpc) is 2.71. The molecule has 0 saturated carbocycles. The second-order valence-corrected chi connectivity index (χ2v) is 3.63. The number of ether oxygens (including phenoxy) is 2. The van der Waals surface area contributed by atoms with Crippen LogP contribution in [0.3, 0.4) is 0 Å². The van der Waals surface area contributed by atoms with Crippen molar-refractivity contribution in [2.45, 2.75) is 0 Å². The summed E-state index contributed by atoms with van der Waals surface area (Å²) in [6.45, 7) is 0.244. The molecule has 2 N–H and O–H groups in total. The van der Waals surface area contributed by atoms with Crippen LogP contribution in [0.15, 0.2) is 30.3 Å². The fourth-order valence-corrected chi connectivity index (χ4v) is 1.79. The molecule has 1 aliphatic heterocycles. The van der Waals surface area contributed by atoms with Crippen molar-refractivity contribution < 1.29 is 14.3 Å². The van der Waals surface area contributed by atoms with Crippen LogP contribution in [0, 0.1) is 0 Å². The van der Waals surface area contributed by atoms with E-state index in [1.54, 1.807) is 12.1 Å². The van der Waals surface area contributed by atoms with E-state index < -0.39 is 5.91 Å². The molecule has 80 valence electrons. The summed E-state index contributed by atoms with van der Waals surface area (Å²) in [4.78, 5) is 11.0. The Labute approximate surface area is 91.6 Å². The van der Waals surface area contributed by atoms with E-state index in [0.29, 0.717) is 11.3 Å². The third-order valence-corrected chi connectivity index (χ3v) is 2.62. The zero-order valence-electron chi connectivity index (χ0n) is 8.40. The first-order chi connectivity index (χ1) is 7.74. The van der Waals surface area contributed by atoms with Crippen molar-refractivity contribution in [3.63, 3.8) is 0 Å². The van der Waals surface area contributed by atoms with E-state index in [2.05, 4.69) is 0 Å². The van der Waals surface area contributed by atoms with Crippen LogP contribution in [0.4, 0.5) is 0 Å². The number of fused-ring (bicyclic) bond motifs is 2. The van der Waals surface area contributed by atoms with E-state index in [-0.39, 0.29) is 6.79 Å². The van der Waals surface area contributed by atoms with Gasteiger partial charge < -0.3 is 15.2 Å². The Morgan fingerprint density at radius 1 is 1.06 bits per heavy atom. The maximum atomic E-state index is 11.0. The molecule has 1 aliphatic rings. The van der Waals surface area contributed by atoms with Gasteiger partial charge in [0.05, 0.1) is 0 Å². The zero-order chi connectivity index (χ0) is 11.1. The average molecular weight is 215 g/mol. The van der Waals surface area contributed by atoms with Gasteiger partial charge in [-0.05, 0) is 35.0 Å². The molecule has 3 rings (SSSR count). The fraction of sp³-hybridized carbons (Fsp3) is 0.0833. The van der Waals surface area contributed by atoms with Crippen LogP contribution in [-0.2, 0) is 0 Å². The molecule has 0 aliphatic carbocycles. The highest BCUT2D eigenvalue weighted by Crippen LogP contribution is 2.36. The predicted molar refractivity (Wildman–Crippen MR) is 58.6 cm³/mol. The first-order valence-corrected chi connectivity index (χ1v) is 4.87. The normalized spacial score (nSPS) is 13.0. The van der Waals surface area contributed by atoms with Gasteiger partial charge >= 0.3 is 0 Å². The van der Waals surface area contributed by atoms with E-state index in [1.807, 2.05) is 18.2 Å². The van der Waals surface area contributed by atoms with Crippen molar-refractivity contribution >= 4 is 16.7 Å². The van der Waals surface area contributed by atoms with E-state index in [4.69, 9.17) is 15.2 Å². The summed E-state index contributed by atoms with van der Waals surface area (Å²) < 4.78 is 10.5. The minimum Gasteiger partial charge on any atom is -0.454 e. The molecule has 0 unspecified atom stereocenters. The number of rotatable bonds is 1. The Morgan fingerprint density at radius 2 is 1.75 bits per heavy atom. The number of carbonyl (C=O) groups is 1. The molecule has 0 spiro atoms. The standard InChI is InChI=1S/C12H9NO3/c13-12(14)8-2-1-7-4-10-11(16-6-15-10)5-9(7)3-8/h1-5H,6H2,(H2,13,14). The van der Waals surface area contributed by atoms with E-state index in [0.717, 1.165) is 16.5 Å². The van der Waals surface area contributed by atoms with Gasteiger partial charge in [-0.3, -0.25) is 4.79 Å². The van der Waals surface area contributed by atoms with Gasteiger partial charge in [-0.2, -0.15) is 0 Å². The number of nitrogens with two attached hydrogens (primary N) is 1. The number of carbonyl (C=O) groups excluding carboxylic acids is 1. The summed E-state index contributed by atoms with van der Waals surface area (Å²) in [6.07, 6.45) is 0. The monoisotopic (exact) mass is 215 g/mol. The number of hydrogen-bond donors (Lipinski definition) is 1. The molecule has 0 aromatic heterocycles. The van der Waals surface area contributed by atoms with Gasteiger partial charge in [0.1, 0.15) is 0 Å². The van der Waals surface area contributed by atoms with Crippen LogP contribution < -0.4 is 15.2 Å². The lowest BCUT2D eigenvalue weighted by Crippen LogP contribution is -2.10. The van der Waals surface area contributed by atoms with Crippen molar-refractivity contribution in [3.8, 4) is 11.5 Å². The first kappa shape index (κ1) is 9.03. The Kier molecular flexibility index (Phi) is 1.77. The quantitative estimate of drug-likeness (QED) is 0.787. The molecule has 0 radical (unpaired) electrons. The topological polar surface area (TPSA) is 61.6 Å². The molecule has 0 atom stereocenters. The fourth-order valence-electron chi connectivity index (χ4n) is 1.79. The van der Waals surface area contributed by atoms with Crippen molar-refractivity contribution in [1.29, 1.82) is 0 Å². The Hall–Kier alpha value is -2.23. The molecule has 1 heterocycles. The Morgan fingerprint density at radius 3 is 2.44 bits per heavy atom. The van der Waals surface area contributed by atoms with Gasteiger partial charge in [0.15, 0.2) is 11.5 Å². The molecular weight excluding hydrogens is 206 g/mol. The second-order valence-electron chi connectivity index (χ2n) is 3.63. The predicted octanol–water partition coefficient (Wildman–Crippen LogP) is 1.67. The number of primary amides is 1. The van der Waals surface area contributed by atoms with Gasteiger partial charge in [-0.25, -0.2) is 0 Å². The third-order valence-electron chi connectivity index (χ3n) is 2.62. The van der Waals surface area contributed by atoms with Crippen LogP contribution in [-0.4, -0.2) is 12.7 Å². The van der Waals surface area contributed by atoms with Crippen molar-refractivity contribution in [1.82, 2.24) is 0 Å². The number of hydrogen-bond acceptors (Lipinski definition) is 3. The van der Waals surface area contributed by atoms with Crippen LogP contribution in [0.25, 0.3) is 10.8 Å². The number of benzene rings is 2. The summed E-state index contributed by atoms with van der Waals surface area (Å²) >= 11 is 0. The molecule has 0 saturated heterocycles. The maximum Gasteiger partial charge on any atom is 0.248 e. The van der Waals surface area contributed by atoms with Crippen molar-refractivity contribution in [3.05, 3.63) is 35.9 Å². The third kappa shape index (κ3) is 1.27.